The maximum Gasteiger partial charge on any atom is 0.260 e. The minimum absolute atomic E-state index is 0.0870. The molecule has 96 valence electrons. The highest BCUT2D eigenvalue weighted by molar-refractivity contribution is 6.01. The molecule has 1 aliphatic carbocycles. The van der Waals surface area contributed by atoms with Crippen molar-refractivity contribution in [1.29, 1.82) is 0 Å². The molecule has 4 heteroatoms. The SMILES string of the molecule is Cc1ccccc1C(=O)N(C=O)CC1(O)CCC1. The Bertz CT molecular complexity index is 466. The summed E-state index contributed by atoms with van der Waals surface area (Å²) in [6.07, 6.45) is 2.75. The van der Waals surface area contributed by atoms with E-state index in [1.165, 1.54) is 0 Å². The molecule has 0 radical (unpaired) electrons. The van der Waals surface area contributed by atoms with Crippen molar-refractivity contribution in [3.8, 4) is 0 Å². The molecule has 1 aliphatic rings. The van der Waals surface area contributed by atoms with Crippen molar-refractivity contribution >= 4 is 12.3 Å². The number of imide groups is 1. The molecule has 0 aliphatic heterocycles. The first kappa shape index (κ1) is 12.8. The molecule has 0 bridgehead atoms. The maximum absolute atomic E-state index is 12.2. The maximum atomic E-state index is 12.2. The largest absolute Gasteiger partial charge is 0.388 e. The van der Waals surface area contributed by atoms with Gasteiger partial charge in [0.1, 0.15) is 0 Å². The quantitative estimate of drug-likeness (QED) is 0.820. The number of carbonyl (C=O) groups is 2. The van der Waals surface area contributed by atoms with Crippen LogP contribution in [-0.4, -0.2) is 34.5 Å². The summed E-state index contributed by atoms with van der Waals surface area (Å²) in [7, 11) is 0. The van der Waals surface area contributed by atoms with Gasteiger partial charge in [0.25, 0.3) is 5.91 Å². The molecule has 1 saturated carbocycles. The highest BCUT2D eigenvalue weighted by Gasteiger charge is 2.37. The minimum atomic E-state index is -0.876. The zero-order valence-electron chi connectivity index (χ0n) is 10.4. The molecule has 0 saturated heterocycles. The van der Waals surface area contributed by atoms with Gasteiger partial charge in [-0.1, -0.05) is 18.2 Å². The zero-order chi connectivity index (χ0) is 13.2. The summed E-state index contributed by atoms with van der Waals surface area (Å²) in [6.45, 7) is 1.91. The van der Waals surface area contributed by atoms with Crippen LogP contribution < -0.4 is 0 Å². The van der Waals surface area contributed by atoms with E-state index in [9.17, 15) is 14.7 Å². The molecule has 2 amide bonds. The summed E-state index contributed by atoms with van der Waals surface area (Å²) in [5.74, 6) is -0.344. The summed E-state index contributed by atoms with van der Waals surface area (Å²) in [4.78, 5) is 24.3. The highest BCUT2D eigenvalue weighted by atomic mass is 16.3. The summed E-state index contributed by atoms with van der Waals surface area (Å²) < 4.78 is 0. The Morgan fingerprint density at radius 3 is 2.61 bits per heavy atom. The van der Waals surface area contributed by atoms with Crippen molar-refractivity contribution < 1.29 is 14.7 Å². The van der Waals surface area contributed by atoms with Crippen molar-refractivity contribution in [3.63, 3.8) is 0 Å². The van der Waals surface area contributed by atoms with E-state index < -0.39 is 5.60 Å². The zero-order valence-corrected chi connectivity index (χ0v) is 10.4. The van der Waals surface area contributed by atoms with Crippen LogP contribution in [0.15, 0.2) is 24.3 Å². The van der Waals surface area contributed by atoms with E-state index in [0.29, 0.717) is 24.8 Å². The molecule has 0 spiro atoms. The Morgan fingerprint density at radius 1 is 1.44 bits per heavy atom. The Kier molecular flexibility index (Phi) is 3.48. The van der Waals surface area contributed by atoms with E-state index in [-0.39, 0.29) is 12.5 Å². The van der Waals surface area contributed by atoms with E-state index in [1.807, 2.05) is 19.1 Å². The van der Waals surface area contributed by atoms with Crippen molar-refractivity contribution in [2.75, 3.05) is 6.54 Å². The van der Waals surface area contributed by atoms with Gasteiger partial charge >= 0.3 is 0 Å². The second-order valence-corrected chi connectivity index (χ2v) is 4.93. The van der Waals surface area contributed by atoms with Gasteiger partial charge in [0.05, 0.1) is 12.1 Å². The van der Waals surface area contributed by atoms with Crippen molar-refractivity contribution in [2.45, 2.75) is 31.8 Å². The van der Waals surface area contributed by atoms with Crippen LogP contribution in [0.25, 0.3) is 0 Å². The number of aliphatic hydroxyl groups is 1. The second kappa shape index (κ2) is 4.90. The average molecular weight is 247 g/mol. The molecule has 0 unspecified atom stereocenters. The van der Waals surface area contributed by atoms with Crippen LogP contribution in [0.3, 0.4) is 0 Å². The predicted octanol–water partition coefficient (Wildman–Crippen LogP) is 1.51. The lowest BCUT2D eigenvalue weighted by Crippen LogP contribution is -2.49. The summed E-state index contributed by atoms with van der Waals surface area (Å²) >= 11 is 0. The third kappa shape index (κ3) is 2.43. The van der Waals surface area contributed by atoms with Gasteiger partial charge in [-0.2, -0.15) is 0 Å². The molecule has 0 aromatic heterocycles. The van der Waals surface area contributed by atoms with Gasteiger partial charge in [-0.25, -0.2) is 0 Å². The Balaban J connectivity index is 2.15. The normalized spacial score (nSPS) is 16.8. The number of benzene rings is 1. The van der Waals surface area contributed by atoms with Crippen LogP contribution in [-0.2, 0) is 4.79 Å². The average Bonchev–Trinajstić information content (AvgIpc) is 2.33. The summed E-state index contributed by atoms with van der Waals surface area (Å²) in [5, 5.41) is 10.0. The van der Waals surface area contributed by atoms with Crippen molar-refractivity contribution in [3.05, 3.63) is 35.4 Å². The van der Waals surface area contributed by atoms with E-state index >= 15 is 0 Å². The molecule has 2 rings (SSSR count). The smallest absolute Gasteiger partial charge is 0.260 e. The Hall–Kier alpha value is -1.68. The van der Waals surface area contributed by atoms with Crippen LogP contribution in [0.4, 0.5) is 0 Å². The lowest BCUT2D eigenvalue weighted by atomic mass is 9.80. The molecule has 1 aromatic rings. The van der Waals surface area contributed by atoms with E-state index in [2.05, 4.69) is 0 Å². The van der Waals surface area contributed by atoms with Crippen LogP contribution in [0.2, 0.25) is 0 Å². The first-order valence-corrected chi connectivity index (χ1v) is 6.10. The fraction of sp³-hybridized carbons (Fsp3) is 0.429. The monoisotopic (exact) mass is 247 g/mol. The summed E-state index contributed by atoms with van der Waals surface area (Å²) in [5.41, 5.74) is 0.460. The topological polar surface area (TPSA) is 57.6 Å². The van der Waals surface area contributed by atoms with Gasteiger partial charge in [-0.05, 0) is 37.8 Å². The molecule has 1 fully saturated rings. The second-order valence-electron chi connectivity index (χ2n) is 4.93. The van der Waals surface area contributed by atoms with Gasteiger partial charge in [0, 0.05) is 5.56 Å². The van der Waals surface area contributed by atoms with Crippen LogP contribution in [0, 0.1) is 6.92 Å². The highest BCUT2D eigenvalue weighted by Crippen LogP contribution is 2.32. The van der Waals surface area contributed by atoms with E-state index in [1.54, 1.807) is 12.1 Å². The number of nitrogens with zero attached hydrogens (tertiary/aromatic N) is 1. The number of hydrogen-bond donors (Lipinski definition) is 1. The predicted molar refractivity (Wildman–Crippen MR) is 67.1 cm³/mol. The van der Waals surface area contributed by atoms with Crippen molar-refractivity contribution in [1.82, 2.24) is 4.90 Å². The molecule has 1 aromatic carbocycles. The first-order valence-electron chi connectivity index (χ1n) is 6.10. The van der Waals surface area contributed by atoms with Gasteiger partial charge in [-0.15, -0.1) is 0 Å². The third-order valence-corrected chi connectivity index (χ3v) is 3.51. The third-order valence-electron chi connectivity index (χ3n) is 3.51. The Labute approximate surface area is 106 Å². The minimum Gasteiger partial charge on any atom is -0.388 e. The summed E-state index contributed by atoms with van der Waals surface area (Å²) in [6, 6.07) is 7.13. The molecule has 18 heavy (non-hydrogen) atoms. The van der Waals surface area contributed by atoms with Gasteiger partial charge in [0.15, 0.2) is 0 Å². The van der Waals surface area contributed by atoms with Gasteiger partial charge in [0.2, 0.25) is 6.41 Å². The van der Waals surface area contributed by atoms with Crippen LogP contribution >= 0.6 is 0 Å². The van der Waals surface area contributed by atoms with E-state index in [0.717, 1.165) is 16.9 Å². The van der Waals surface area contributed by atoms with Crippen LogP contribution in [0.5, 0.6) is 0 Å². The number of carbonyl (C=O) groups excluding carboxylic acids is 2. The van der Waals surface area contributed by atoms with Gasteiger partial charge in [-0.3, -0.25) is 14.5 Å². The fourth-order valence-electron chi connectivity index (χ4n) is 2.18. The standard InChI is InChI=1S/C14H17NO3/c1-11-5-2-3-6-12(11)13(17)15(10-16)9-14(18)7-4-8-14/h2-3,5-6,10,18H,4,7-9H2,1H3. The molecule has 4 nitrogen and oxygen atoms in total. The molecule has 0 atom stereocenters. The lowest BCUT2D eigenvalue weighted by Gasteiger charge is -2.38. The number of hydrogen-bond acceptors (Lipinski definition) is 3. The molecular formula is C14H17NO3. The molecular weight excluding hydrogens is 230 g/mol. The van der Waals surface area contributed by atoms with Crippen LogP contribution in [0.1, 0.15) is 35.2 Å². The number of rotatable bonds is 4. The lowest BCUT2D eigenvalue weighted by molar-refractivity contribution is -0.121. The van der Waals surface area contributed by atoms with Crippen molar-refractivity contribution in [2.24, 2.45) is 0 Å². The van der Waals surface area contributed by atoms with E-state index in [4.69, 9.17) is 0 Å². The van der Waals surface area contributed by atoms with Gasteiger partial charge < -0.3 is 5.11 Å². The molecule has 0 heterocycles. The first-order chi connectivity index (χ1) is 8.56. The number of amides is 2. The Morgan fingerprint density at radius 2 is 2.11 bits per heavy atom. The number of aryl methyl sites for hydroxylation is 1. The molecule has 1 N–H and O–H groups in total. The fourth-order valence-corrected chi connectivity index (χ4v) is 2.18.